The Labute approximate surface area is 87.3 Å². The molecule has 6 heteroatoms. The molecule has 0 fully saturated rings. The van der Waals surface area contributed by atoms with Crippen LogP contribution in [-0.2, 0) is 0 Å². The van der Waals surface area contributed by atoms with Crippen LogP contribution >= 0.6 is 27.3 Å². The molecule has 13 heavy (non-hydrogen) atoms. The van der Waals surface area contributed by atoms with Gasteiger partial charge in [-0.1, -0.05) is 0 Å². The highest BCUT2D eigenvalue weighted by Gasteiger charge is 2.15. The molecule has 0 saturated heterocycles. The highest BCUT2D eigenvalue weighted by atomic mass is 79.9. The van der Waals surface area contributed by atoms with Gasteiger partial charge in [0.2, 0.25) is 0 Å². The smallest absolute Gasteiger partial charge is 0.146 e. The Bertz CT molecular complexity index is 383. The first-order valence-electron chi connectivity index (χ1n) is 3.63. The Balaban J connectivity index is 2.33. The zero-order valence-electron chi connectivity index (χ0n) is 6.57. The maximum Gasteiger partial charge on any atom is 0.146 e. The number of nitrogens with one attached hydrogen (secondary N) is 1. The number of aromatic amines is 1. The van der Waals surface area contributed by atoms with Crippen molar-refractivity contribution in [1.82, 2.24) is 15.2 Å². The van der Waals surface area contributed by atoms with Gasteiger partial charge in [0, 0.05) is 9.35 Å². The van der Waals surface area contributed by atoms with Gasteiger partial charge < -0.3 is 5.73 Å². The van der Waals surface area contributed by atoms with Crippen molar-refractivity contribution in [1.29, 1.82) is 0 Å². The van der Waals surface area contributed by atoms with Crippen LogP contribution in [0.2, 0.25) is 0 Å². The minimum Gasteiger partial charge on any atom is -0.317 e. The fraction of sp³-hybridized carbons (Fsp3) is 0.143. The van der Waals surface area contributed by atoms with Crippen molar-refractivity contribution in [3.05, 3.63) is 32.9 Å². The van der Waals surface area contributed by atoms with E-state index in [4.69, 9.17) is 5.73 Å². The van der Waals surface area contributed by atoms with Crippen molar-refractivity contribution in [2.75, 3.05) is 0 Å². The van der Waals surface area contributed by atoms with Gasteiger partial charge in [-0.05, 0) is 27.4 Å². The second-order valence-corrected chi connectivity index (χ2v) is 4.28. The summed E-state index contributed by atoms with van der Waals surface area (Å²) in [4.78, 5) is 5.06. The van der Waals surface area contributed by atoms with Crippen molar-refractivity contribution in [2.24, 2.45) is 5.73 Å². The van der Waals surface area contributed by atoms with E-state index in [1.165, 1.54) is 6.33 Å². The Morgan fingerprint density at radius 2 is 2.46 bits per heavy atom. The molecule has 0 radical (unpaired) electrons. The van der Waals surface area contributed by atoms with E-state index in [1.54, 1.807) is 11.3 Å². The number of nitrogens with two attached hydrogens (primary N) is 1. The molecule has 0 spiro atoms. The summed E-state index contributed by atoms with van der Waals surface area (Å²) in [6, 6.07) is 1.74. The van der Waals surface area contributed by atoms with Gasteiger partial charge in [-0.15, -0.1) is 11.3 Å². The van der Waals surface area contributed by atoms with Gasteiger partial charge in [0.05, 0.1) is 0 Å². The van der Waals surface area contributed by atoms with E-state index in [9.17, 15) is 0 Å². The first-order chi connectivity index (χ1) is 6.29. The summed E-state index contributed by atoms with van der Waals surface area (Å²) in [5.41, 5.74) is 5.95. The number of hydrogen-bond donors (Lipinski definition) is 2. The van der Waals surface area contributed by atoms with Gasteiger partial charge in [0.15, 0.2) is 0 Å². The maximum atomic E-state index is 5.95. The Kier molecular flexibility index (Phi) is 2.43. The van der Waals surface area contributed by atoms with Crippen LogP contribution in [-0.4, -0.2) is 15.2 Å². The summed E-state index contributed by atoms with van der Waals surface area (Å²) in [5.74, 6) is 0.683. The van der Waals surface area contributed by atoms with Crippen molar-refractivity contribution >= 4 is 27.3 Å². The highest BCUT2D eigenvalue weighted by molar-refractivity contribution is 9.10. The van der Waals surface area contributed by atoms with Crippen LogP contribution in [0.15, 0.2) is 22.2 Å². The Morgan fingerprint density at radius 1 is 1.62 bits per heavy atom. The van der Waals surface area contributed by atoms with E-state index < -0.39 is 0 Å². The Hall–Kier alpha value is -0.720. The molecule has 0 aliphatic carbocycles. The average molecular weight is 259 g/mol. The molecule has 2 aromatic rings. The monoisotopic (exact) mass is 258 g/mol. The van der Waals surface area contributed by atoms with Crippen LogP contribution in [0.1, 0.15) is 16.7 Å². The van der Waals surface area contributed by atoms with Gasteiger partial charge in [-0.2, -0.15) is 5.10 Å². The number of hydrogen-bond acceptors (Lipinski definition) is 4. The molecule has 0 aliphatic heterocycles. The largest absolute Gasteiger partial charge is 0.317 e. The van der Waals surface area contributed by atoms with E-state index >= 15 is 0 Å². The number of aromatic nitrogens is 3. The first-order valence-corrected chi connectivity index (χ1v) is 5.30. The van der Waals surface area contributed by atoms with Gasteiger partial charge in [-0.3, -0.25) is 5.10 Å². The lowest BCUT2D eigenvalue weighted by Gasteiger charge is -2.05. The Morgan fingerprint density at radius 3 is 3.00 bits per heavy atom. The molecule has 2 rings (SSSR count). The van der Waals surface area contributed by atoms with E-state index in [2.05, 4.69) is 31.1 Å². The van der Waals surface area contributed by atoms with Gasteiger partial charge in [0.25, 0.3) is 0 Å². The number of H-pyrrole nitrogens is 1. The molecule has 4 nitrogen and oxygen atoms in total. The molecule has 2 aromatic heterocycles. The van der Waals surface area contributed by atoms with Crippen molar-refractivity contribution in [3.63, 3.8) is 0 Å². The van der Waals surface area contributed by atoms with E-state index in [0.717, 1.165) is 9.35 Å². The topological polar surface area (TPSA) is 67.6 Å². The lowest BCUT2D eigenvalue weighted by Crippen LogP contribution is -2.12. The lowest BCUT2D eigenvalue weighted by molar-refractivity contribution is 0.799. The molecule has 0 amide bonds. The predicted octanol–water partition coefficient (Wildman–Crippen LogP) is 1.68. The molecule has 68 valence electrons. The van der Waals surface area contributed by atoms with Crippen LogP contribution in [0, 0.1) is 0 Å². The highest BCUT2D eigenvalue weighted by Crippen LogP contribution is 2.29. The summed E-state index contributed by atoms with van der Waals surface area (Å²) < 4.78 is 1.02. The summed E-state index contributed by atoms with van der Waals surface area (Å²) in [5, 5.41) is 8.49. The quantitative estimate of drug-likeness (QED) is 0.862. The summed E-state index contributed by atoms with van der Waals surface area (Å²) in [6.45, 7) is 0. The third-order valence-electron chi connectivity index (χ3n) is 1.66. The summed E-state index contributed by atoms with van der Waals surface area (Å²) in [6.07, 6.45) is 1.46. The van der Waals surface area contributed by atoms with Crippen molar-refractivity contribution in [3.8, 4) is 0 Å². The number of nitrogens with zero attached hydrogens (tertiary/aromatic N) is 2. The average Bonchev–Trinajstić information content (AvgIpc) is 2.72. The molecular weight excluding hydrogens is 252 g/mol. The molecule has 3 N–H and O–H groups in total. The standard InChI is InChI=1S/C7H7BrN4S/c8-4-1-2-13-6(4)5(9)7-10-3-11-12-7/h1-3,5H,9H2,(H,10,11,12). The summed E-state index contributed by atoms with van der Waals surface area (Å²) in [7, 11) is 0. The molecule has 0 aliphatic rings. The third-order valence-corrected chi connectivity index (χ3v) is 3.61. The van der Waals surface area contributed by atoms with E-state index in [-0.39, 0.29) is 6.04 Å². The number of thiophene rings is 1. The number of halogens is 1. The number of rotatable bonds is 2. The molecule has 0 aromatic carbocycles. The lowest BCUT2D eigenvalue weighted by atomic mass is 10.2. The molecule has 1 unspecified atom stereocenters. The zero-order valence-corrected chi connectivity index (χ0v) is 8.97. The summed E-state index contributed by atoms with van der Waals surface area (Å²) >= 11 is 5.02. The molecule has 0 bridgehead atoms. The fourth-order valence-electron chi connectivity index (χ4n) is 1.02. The second-order valence-electron chi connectivity index (χ2n) is 2.48. The van der Waals surface area contributed by atoms with E-state index in [1.807, 2.05) is 11.4 Å². The van der Waals surface area contributed by atoms with Gasteiger partial charge >= 0.3 is 0 Å². The third kappa shape index (κ3) is 1.65. The molecule has 0 saturated carbocycles. The van der Waals surface area contributed by atoms with Crippen molar-refractivity contribution < 1.29 is 0 Å². The van der Waals surface area contributed by atoms with Crippen LogP contribution in [0.4, 0.5) is 0 Å². The van der Waals surface area contributed by atoms with E-state index in [0.29, 0.717) is 5.82 Å². The normalized spacial score (nSPS) is 13.1. The molecule has 1 atom stereocenters. The SMILES string of the molecule is NC(c1ncn[nH]1)c1sccc1Br. The van der Waals surface area contributed by atoms with Crippen LogP contribution in [0.5, 0.6) is 0 Å². The zero-order chi connectivity index (χ0) is 9.26. The minimum atomic E-state index is -0.225. The van der Waals surface area contributed by atoms with Gasteiger partial charge in [0.1, 0.15) is 18.2 Å². The molecule has 2 heterocycles. The van der Waals surface area contributed by atoms with Crippen LogP contribution in [0.25, 0.3) is 0 Å². The second kappa shape index (κ2) is 3.57. The predicted molar refractivity (Wildman–Crippen MR) is 54.4 cm³/mol. The minimum absolute atomic E-state index is 0.225. The van der Waals surface area contributed by atoms with Crippen molar-refractivity contribution in [2.45, 2.75) is 6.04 Å². The first kappa shape index (κ1) is 8.86. The molecular formula is C7H7BrN4S. The van der Waals surface area contributed by atoms with Crippen LogP contribution < -0.4 is 5.73 Å². The fourth-order valence-corrected chi connectivity index (χ4v) is 2.64. The van der Waals surface area contributed by atoms with Crippen LogP contribution in [0.3, 0.4) is 0 Å². The maximum absolute atomic E-state index is 5.95. The van der Waals surface area contributed by atoms with Gasteiger partial charge in [-0.25, -0.2) is 4.98 Å².